The van der Waals surface area contributed by atoms with Crippen molar-refractivity contribution in [1.29, 1.82) is 0 Å². The van der Waals surface area contributed by atoms with Crippen molar-refractivity contribution in [2.75, 3.05) is 0 Å². The van der Waals surface area contributed by atoms with E-state index >= 15 is 0 Å². The Morgan fingerprint density at radius 3 is 2.54 bits per heavy atom. The second-order valence-electron chi connectivity index (χ2n) is 8.60. The van der Waals surface area contributed by atoms with Crippen LogP contribution in [0.1, 0.15) is 64.8 Å². The van der Waals surface area contributed by atoms with Crippen LogP contribution in [0.25, 0.3) is 11.8 Å². The van der Waals surface area contributed by atoms with E-state index in [2.05, 4.69) is 66.5 Å². The molecule has 1 unspecified atom stereocenters. The zero-order valence-corrected chi connectivity index (χ0v) is 19.9. The fourth-order valence-corrected chi connectivity index (χ4v) is 3.94. The molecule has 1 saturated carbocycles. The van der Waals surface area contributed by atoms with Crippen molar-refractivity contribution in [2.45, 2.75) is 39.2 Å². The predicted octanol–water partition coefficient (Wildman–Crippen LogP) is 7.42. The summed E-state index contributed by atoms with van der Waals surface area (Å²) in [4.78, 5) is 12.1. The lowest BCUT2D eigenvalue weighted by molar-refractivity contribution is 0.105. The highest BCUT2D eigenvalue weighted by Gasteiger charge is 2.22. The molecule has 4 rings (SSSR count). The number of hydrogen-bond acceptors (Lipinski definition) is 2. The van der Waals surface area contributed by atoms with Gasteiger partial charge in [-0.15, -0.1) is 0 Å². The van der Waals surface area contributed by atoms with Crippen molar-refractivity contribution in [1.82, 2.24) is 5.32 Å². The number of allylic oxidation sites excluding steroid dienone is 2. The van der Waals surface area contributed by atoms with E-state index in [9.17, 15) is 13.6 Å². The summed E-state index contributed by atoms with van der Waals surface area (Å²) in [7, 11) is 0. The molecular weight excluding hydrogens is 440 g/mol. The van der Waals surface area contributed by atoms with Gasteiger partial charge in [0, 0.05) is 5.70 Å². The van der Waals surface area contributed by atoms with E-state index in [1.54, 1.807) is 6.08 Å². The Morgan fingerprint density at radius 2 is 1.83 bits per heavy atom. The van der Waals surface area contributed by atoms with Crippen LogP contribution in [0.5, 0.6) is 0 Å². The van der Waals surface area contributed by atoms with E-state index in [0.717, 1.165) is 42.0 Å². The molecule has 0 saturated heterocycles. The number of halogens is 2. The van der Waals surface area contributed by atoms with E-state index in [4.69, 9.17) is 0 Å². The quantitative estimate of drug-likeness (QED) is 0.223. The molecule has 0 spiro atoms. The highest BCUT2D eigenvalue weighted by atomic mass is 19.2. The molecule has 0 heterocycles. The summed E-state index contributed by atoms with van der Waals surface area (Å²) in [6.45, 7) is 4.19. The maximum Gasteiger partial charge on any atom is 0.239 e. The van der Waals surface area contributed by atoms with Gasteiger partial charge in [-0.1, -0.05) is 61.4 Å². The minimum absolute atomic E-state index is 0.222. The molecule has 0 aromatic heterocycles. The van der Waals surface area contributed by atoms with E-state index in [0.29, 0.717) is 0 Å². The third kappa shape index (κ3) is 5.94. The van der Waals surface area contributed by atoms with Gasteiger partial charge < -0.3 is 5.32 Å². The van der Waals surface area contributed by atoms with Crippen molar-refractivity contribution in [3.05, 3.63) is 118 Å². The van der Waals surface area contributed by atoms with Crippen molar-refractivity contribution in [3.63, 3.8) is 0 Å². The normalized spacial score (nSPS) is 13.2. The van der Waals surface area contributed by atoms with Gasteiger partial charge in [0.05, 0.1) is 11.6 Å². The lowest BCUT2D eigenvalue weighted by Gasteiger charge is -2.22. The molecule has 0 aliphatic heterocycles. The first kappa shape index (κ1) is 24.2. The third-order valence-electron chi connectivity index (χ3n) is 6.08. The highest BCUT2D eigenvalue weighted by molar-refractivity contribution is 6.09. The number of carbonyl (C=O) groups is 1. The first-order chi connectivity index (χ1) is 17.0. The maximum atomic E-state index is 13.8. The number of nitrogens with one attached hydrogen (secondary N) is 1. The number of rotatable bonds is 7. The summed E-state index contributed by atoms with van der Waals surface area (Å²) in [6, 6.07) is 20.5. The molecule has 176 valence electrons. The summed E-state index contributed by atoms with van der Waals surface area (Å²) >= 11 is 0. The fraction of sp³-hybridized carbons (Fsp3) is 0.194. The van der Waals surface area contributed by atoms with Gasteiger partial charge in [-0.05, 0) is 90.3 Å². The molecule has 1 atom stereocenters. The number of benzene rings is 3. The number of aryl methyl sites for hydroxylation is 1. The molecule has 0 bridgehead atoms. The summed E-state index contributed by atoms with van der Waals surface area (Å²) in [5.41, 5.74) is 6.66. The zero-order chi connectivity index (χ0) is 24.8. The Labute approximate surface area is 205 Å². The summed E-state index contributed by atoms with van der Waals surface area (Å²) in [6.07, 6.45) is 6.56. The van der Waals surface area contributed by atoms with Crippen LogP contribution in [0.15, 0.2) is 78.4 Å². The topological polar surface area (TPSA) is 29.1 Å². The van der Waals surface area contributed by atoms with Gasteiger partial charge in [-0.2, -0.15) is 0 Å². The molecule has 1 fully saturated rings. The van der Waals surface area contributed by atoms with Gasteiger partial charge in [-0.3, -0.25) is 4.79 Å². The maximum absolute atomic E-state index is 13.8. The molecule has 4 heteroatoms. The Bertz CT molecular complexity index is 1350. The Kier molecular flexibility index (Phi) is 7.57. The van der Waals surface area contributed by atoms with Crippen molar-refractivity contribution < 1.29 is 13.6 Å². The van der Waals surface area contributed by atoms with Crippen LogP contribution in [0.3, 0.4) is 0 Å². The summed E-state index contributed by atoms with van der Waals surface area (Å²) in [5, 5.41) is 3.77. The number of Topliss-reactive ketones (excluding diaryl/α,β-unsaturated/α-hetero) is 1. The molecule has 3 aromatic carbocycles. The molecular formula is C31H27F2NO. The SMILES string of the molecule is CCC(NC(=C1CC1)c1ccc(C)c(/C=C\C#CC(=O)c2cccc(F)c2F)c1)c1ccccc1. The number of carbonyl (C=O) groups excluding carboxylic acids is 1. The zero-order valence-electron chi connectivity index (χ0n) is 19.9. The van der Waals surface area contributed by atoms with Crippen LogP contribution >= 0.6 is 0 Å². The minimum atomic E-state index is -1.17. The average molecular weight is 468 g/mol. The number of ketones is 1. The van der Waals surface area contributed by atoms with E-state index < -0.39 is 17.4 Å². The van der Waals surface area contributed by atoms with Crippen LogP contribution in [-0.2, 0) is 0 Å². The molecule has 35 heavy (non-hydrogen) atoms. The van der Waals surface area contributed by atoms with Gasteiger partial charge in [0.2, 0.25) is 5.78 Å². The van der Waals surface area contributed by atoms with E-state index in [1.807, 2.05) is 19.1 Å². The lowest BCUT2D eigenvalue weighted by atomic mass is 9.99. The fourth-order valence-electron chi connectivity index (χ4n) is 3.94. The molecule has 1 aliphatic carbocycles. The molecule has 1 aliphatic rings. The molecule has 2 nitrogen and oxygen atoms in total. The van der Waals surface area contributed by atoms with Crippen molar-refractivity contribution in [3.8, 4) is 11.8 Å². The molecule has 1 N–H and O–H groups in total. The van der Waals surface area contributed by atoms with Crippen LogP contribution in [0, 0.1) is 30.4 Å². The average Bonchev–Trinajstić information content (AvgIpc) is 3.71. The molecule has 0 radical (unpaired) electrons. The van der Waals surface area contributed by atoms with Crippen LogP contribution in [0.4, 0.5) is 8.78 Å². The highest BCUT2D eigenvalue weighted by Crippen LogP contribution is 2.37. The van der Waals surface area contributed by atoms with Gasteiger partial charge in [-0.25, -0.2) is 8.78 Å². The molecule has 3 aromatic rings. The Hall–Kier alpha value is -3.97. The van der Waals surface area contributed by atoms with Gasteiger partial charge in [0.1, 0.15) is 0 Å². The van der Waals surface area contributed by atoms with Gasteiger partial charge >= 0.3 is 0 Å². The second kappa shape index (κ2) is 11.0. The predicted molar refractivity (Wildman–Crippen MR) is 137 cm³/mol. The monoisotopic (exact) mass is 467 g/mol. The largest absolute Gasteiger partial charge is 0.378 e. The lowest BCUT2D eigenvalue weighted by Crippen LogP contribution is -2.19. The standard InChI is InChI=1S/C31H27F2NO/c1-3-28(22-10-5-4-6-11-22)34-31(23-18-19-23)25-17-16-21(2)24(20-25)12-7-8-15-29(35)26-13-9-14-27(32)30(26)33/h4-7,9-14,16-17,20,28,34H,3,18-19H2,1-2H3/b12-7-. The first-order valence-corrected chi connectivity index (χ1v) is 11.8. The third-order valence-corrected chi connectivity index (χ3v) is 6.08. The summed E-state index contributed by atoms with van der Waals surface area (Å²) < 4.78 is 27.2. The molecule has 0 amide bonds. The van der Waals surface area contributed by atoms with Crippen LogP contribution < -0.4 is 5.32 Å². The Balaban J connectivity index is 1.54. The number of hydrogen-bond donors (Lipinski definition) is 1. The minimum Gasteiger partial charge on any atom is -0.378 e. The summed E-state index contributed by atoms with van der Waals surface area (Å²) in [5.74, 6) is 2.03. The first-order valence-electron chi connectivity index (χ1n) is 11.8. The smallest absolute Gasteiger partial charge is 0.239 e. The van der Waals surface area contributed by atoms with Crippen LogP contribution in [0.2, 0.25) is 0 Å². The van der Waals surface area contributed by atoms with Gasteiger partial charge in [0.15, 0.2) is 11.6 Å². The van der Waals surface area contributed by atoms with E-state index in [-0.39, 0.29) is 11.6 Å². The van der Waals surface area contributed by atoms with Gasteiger partial charge in [0.25, 0.3) is 0 Å². The van der Waals surface area contributed by atoms with Crippen molar-refractivity contribution in [2.24, 2.45) is 0 Å². The van der Waals surface area contributed by atoms with Crippen LogP contribution in [-0.4, -0.2) is 5.78 Å². The van der Waals surface area contributed by atoms with E-state index in [1.165, 1.54) is 29.0 Å². The van der Waals surface area contributed by atoms with Crippen molar-refractivity contribution >= 4 is 17.6 Å². The second-order valence-corrected chi connectivity index (χ2v) is 8.60. The Morgan fingerprint density at radius 1 is 1.06 bits per heavy atom.